The van der Waals surface area contributed by atoms with Crippen LogP contribution in [0.25, 0.3) is 0 Å². The maximum absolute atomic E-state index is 10.7. The second-order valence-electron chi connectivity index (χ2n) is 6.02. The molecule has 122 valence electrons. The molecule has 7 heteroatoms. The minimum Gasteiger partial charge on any atom is -0.390 e. The molecule has 2 unspecified atom stereocenters. The summed E-state index contributed by atoms with van der Waals surface area (Å²) in [6, 6.07) is 8.72. The zero-order valence-corrected chi connectivity index (χ0v) is 13.0. The van der Waals surface area contributed by atoms with E-state index < -0.39 is 11.0 Å². The summed E-state index contributed by atoms with van der Waals surface area (Å²) >= 11 is 0. The SMILES string of the molecule is CN(CC(O)Cn1cc([N+](=O)[O-])cn1)C1CCc2ccccc21. The minimum absolute atomic E-state index is 0.0599. The third kappa shape index (κ3) is 3.40. The zero-order chi connectivity index (χ0) is 16.4. The number of benzene rings is 1. The monoisotopic (exact) mass is 316 g/mol. The Balaban J connectivity index is 1.59. The molecule has 0 saturated carbocycles. The van der Waals surface area contributed by atoms with E-state index in [1.165, 1.54) is 28.2 Å². The van der Waals surface area contributed by atoms with Gasteiger partial charge in [-0.2, -0.15) is 5.10 Å². The lowest BCUT2D eigenvalue weighted by Crippen LogP contribution is -2.34. The highest BCUT2D eigenvalue weighted by atomic mass is 16.6. The number of hydrogen-bond acceptors (Lipinski definition) is 5. The Kier molecular flexibility index (Phi) is 4.40. The van der Waals surface area contributed by atoms with E-state index in [9.17, 15) is 15.2 Å². The first-order valence-electron chi connectivity index (χ1n) is 7.67. The lowest BCUT2D eigenvalue weighted by atomic mass is 10.1. The highest BCUT2D eigenvalue weighted by molar-refractivity contribution is 5.34. The molecule has 1 aliphatic rings. The summed E-state index contributed by atoms with van der Waals surface area (Å²) in [5, 5.41) is 24.8. The van der Waals surface area contributed by atoms with Gasteiger partial charge in [-0.05, 0) is 31.0 Å². The van der Waals surface area contributed by atoms with Gasteiger partial charge in [-0.1, -0.05) is 24.3 Å². The second kappa shape index (κ2) is 6.47. The predicted molar refractivity (Wildman–Crippen MR) is 85.0 cm³/mol. The molecule has 2 atom stereocenters. The van der Waals surface area contributed by atoms with Crippen LogP contribution in [0.5, 0.6) is 0 Å². The van der Waals surface area contributed by atoms with E-state index in [0.717, 1.165) is 12.8 Å². The predicted octanol–water partition coefficient (Wildman–Crippen LogP) is 1.77. The van der Waals surface area contributed by atoms with Gasteiger partial charge >= 0.3 is 5.69 Å². The number of nitro groups is 1. The molecular weight excluding hydrogens is 296 g/mol. The molecule has 0 aliphatic heterocycles. The summed E-state index contributed by atoms with van der Waals surface area (Å²) in [5.74, 6) is 0. The molecule has 1 aromatic heterocycles. The van der Waals surface area contributed by atoms with E-state index in [0.29, 0.717) is 12.6 Å². The van der Waals surface area contributed by atoms with Crippen LogP contribution in [0.4, 0.5) is 5.69 Å². The van der Waals surface area contributed by atoms with Crippen molar-refractivity contribution < 1.29 is 10.0 Å². The largest absolute Gasteiger partial charge is 0.390 e. The van der Waals surface area contributed by atoms with Gasteiger partial charge in [-0.15, -0.1) is 0 Å². The van der Waals surface area contributed by atoms with Crippen molar-refractivity contribution in [1.29, 1.82) is 0 Å². The van der Waals surface area contributed by atoms with Crippen molar-refractivity contribution in [3.8, 4) is 0 Å². The van der Waals surface area contributed by atoms with Crippen LogP contribution in [0.1, 0.15) is 23.6 Å². The molecule has 1 aromatic carbocycles. The maximum atomic E-state index is 10.7. The first-order valence-corrected chi connectivity index (χ1v) is 7.67. The summed E-state index contributed by atoms with van der Waals surface area (Å²) in [7, 11) is 2.00. The molecule has 1 heterocycles. The van der Waals surface area contributed by atoms with Crippen molar-refractivity contribution in [2.75, 3.05) is 13.6 Å². The molecule has 3 rings (SSSR count). The molecule has 0 fully saturated rings. The number of aliphatic hydroxyl groups is 1. The van der Waals surface area contributed by atoms with E-state index >= 15 is 0 Å². The molecular formula is C16H20N4O3. The molecule has 0 spiro atoms. The third-order valence-corrected chi connectivity index (χ3v) is 4.36. The second-order valence-corrected chi connectivity index (χ2v) is 6.02. The van der Waals surface area contributed by atoms with E-state index in [1.54, 1.807) is 0 Å². The first-order chi connectivity index (χ1) is 11.0. The molecule has 0 radical (unpaired) electrons. The van der Waals surface area contributed by atoms with Gasteiger partial charge < -0.3 is 5.11 Å². The Morgan fingerprint density at radius 3 is 3.04 bits per heavy atom. The molecule has 2 aromatic rings. The van der Waals surface area contributed by atoms with Crippen molar-refractivity contribution in [1.82, 2.24) is 14.7 Å². The molecule has 7 nitrogen and oxygen atoms in total. The van der Waals surface area contributed by atoms with Crippen LogP contribution >= 0.6 is 0 Å². The third-order valence-electron chi connectivity index (χ3n) is 4.36. The van der Waals surface area contributed by atoms with Crippen molar-refractivity contribution in [2.45, 2.75) is 31.5 Å². The first kappa shape index (κ1) is 15.6. The van der Waals surface area contributed by atoms with Gasteiger partial charge in [0, 0.05) is 12.6 Å². The lowest BCUT2D eigenvalue weighted by molar-refractivity contribution is -0.385. The molecule has 0 saturated heterocycles. The minimum atomic E-state index is -0.632. The van der Waals surface area contributed by atoms with Gasteiger partial charge in [0.25, 0.3) is 0 Å². The summed E-state index contributed by atoms with van der Waals surface area (Å²) in [5.41, 5.74) is 2.65. The van der Waals surface area contributed by atoms with Crippen LogP contribution < -0.4 is 0 Å². The number of hydrogen-bond donors (Lipinski definition) is 1. The Hall–Kier alpha value is -2.25. The number of nitrogens with zero attached hydrogens (tertiary/aromatic N) is 4. The van der Waals surface area contributed by atoms with E-state index in [1.807, 2.05) is 13.1 Å². The van der Waals surface area contributed by atoms with Crippen molar-refractivity contribution in [2.24, 2.45) is 0 Å². The smallest absolute Gasteiger partial charge is 0.306 e. The Morgan fingerprint density at radius 1 is 1.52 bits per heavy atom. The molecule has 23 heavy (non-hydrogen) atoms. The van der Waals surface area contributed by atoms with Crippen LogP contribution in [-0.4, -0.2) is 44.4 Å². The highest BCUT2D eigenvalue weighted by Gasteiger charge is 2.26. The van der Waals surface area contributed by atoms with E-state index in [2.05, 4.69) is 28.2 Å². The molecule has 1 N–H and O–H groups in total. The van der Waals surface area contributed by atoms with E-state index in [-0.39, 0.29) is 12.2 Å². The fourth-order valence-corrected chi connectivity index (χ4v) is 3.27. The number of aryl methyl sites for hydroxylation is 1. The highest BCUT2D eigenvalue weighted by Crippen LogP contribution is 2.34. The van der Waals surface area contributed by atoms with Crippen molar-refractivity contribution in [3.63, 3.8) is 0 Å². The van der Waals surface area contributed by atoms with E-state index in [4.69, 9.17) is 0 Å². The average Bonchev–Trinajstić information content (AvgIpc) is 3.13. The van der Waals surface area contributed by atoms with Gasteiger partial charge in [-0.3, -0.25) is 19.7 Å². The summed E-state index contributed by atoms with van der Waals surface area (Å²) in [4.78, 5) is 12.3. The van der Waals surface area contributed by atoms with Gasteiger partial charge in [-0.25, -0.2) is 0 Å². The summed E-state index contributed by atoms with van der Waals surface area (Å²) in [6.07, 6.45) is 4.02. The maximum Gasteiger partial charge on any atom is 0.306 e. The van der Waals surface area contributed by atoms with Crippen LogP contribution in [-0.2, 0) is 13.0 Å². The van der Waals surface area contributed by atoms with Crippen LogP contribution in [0.15, 0.2) is 36.7 Å². The van der Waals surface area contributed by atoms with Gasteiger partial charge in [0.2, 0.25) is 0 Å². The number of aliphatic hydroxyl groups excluding tert-OH is 1. The van der Waals surface area contributed by atoms with Crippen LogP contribution in [0.3, 0.4) is 0 Å². The molecule has 1 aliphatic carbocycles. The number of rotatable bonds is 6. The van der Waals surface area contributed by atoms with Crippen LogP contribution in [0, 0.1) is 10.1 Å². The summed E-state index contributed by atoms with van der Waals surface area (Å²) < 4.78 is 1.42. The fourth-order valence-electron chi connectivity index (χ4n) is 3.27. The van der Waals surface area contributed by atoms with Gasteiger partial charge in [0.05, 0.1) is 17.6 Å². The normalized spacial score (nSPS) is 18.1. The van der Waals surface area contributed by atoms with Crippen molar-refractivity contribution in [3.05, 3.63) is 57.9 Å². The average molecular weight is 316 g/mol. The zero-order valence-electron chi connectivity index (χ0n) is 13.0. The Labute approximate surface area is 134 Å². The van der Waals surface area contributed by atoms with Crippen molar-refractivity contribution >= 4 is 5.69 Å². The lowest BCUT2D eigenvalue weighted by Gasteiger charge is -2.27. The van der Waals surface area contributed by atoms with Gasteiger partial charge in [0.1, 0.15) is 12.4 Å². The van der Waals surface area contributed by atoms with Crippen LogP contribution in [0.2, 0.25) is 0 Å². The number of aromatic nitrogens is 2. The quantitative estimate of drug-likeness (QED) is 0.648. The molecule has 0 amide bonds. The number of likely N-dealkylation sites (N-methyl/N-ethyl adjacent to an activating group) is 1. The topological polar surface area (TPSA) is 84.4 Å². The standard InChI is InChI=1S/C16H20N4O3/c1-18(16-7-6-12-4-2-3-5-15(12)16)10-14(21)11-19-9-13(8-17-19)20(22)23/h2-5,8-9,14,16,21H,6-7,10-11H2,1H3. The van der Waals surface area contributed by atoms with Gasteiger partial charge in [0.15, 0.2) is 0 Å². The Morgan fingerprint density at radius 2 is 2.30 bits per heavy atom. The number of fused-ring (bicyclic) bond motifs is 1. The molecule has 0 bridgehead atoms. The fraction of sp³-hybridized carbons (Fsp3) is 0.438. The Bertz CT molecular complexity index is 700. The summed E-state index contributed by atoms with van der Waals surface area (Å²) in [6.45, 7) is 0.735.